The van der Waals surface area contributed by atoms with Gasteiger partial charge in [-0.1, -0.05) is 13.8 Å². The molecule has 3 N–H and O–H groups in total. The minimum absolute atomic E-state index is 0.0578. The molecular formula is C21H27N3O3. The summed E-state index contributed by atoms with van der Waals surface area (Å²) in [7, 11) is 1.59. The molecular weight excluding hydrogens is 342 g/mol. The zero-order chi connectivity index (χ0) is 19.8. The molecule has 0 bridgehead atoms. The fraction of sp³-hybridized carbons (Fsp3) is 0.333. The van der Waals surface area contributed by atoms with E-state index in [9.17, 15) is 9.59 Å². The Morgan fingerprint density at radius 1 is 0.926 bits per heavy atom. The van der Waals surface area contributed by atoms with Gasteiger partial charge in [0.25, 0.3) is 5.91 Å². The van der Waals surface area contributed by atoms with Crippen LogP contribution in [0, 0.1) is 5.92 Å². The average molecular weight is 369 g/mol. The third-order valence-electron chi connectivity index (χ3n) is 4.34. The first-order valence-corrected chi connectivity index (χ1v) is 8.97. The third-order valence-corrected chi connectivity index (χ3v) is 4.34. The van der Waals surface area contributed by atoms with E-state index in [0.29, 0.717) is 17.2 Å². The highest BCUT2D eigenvalue weighted by Gasteiger charge is 2.11. The highest BCUT2D eigenvalue weighted by atomic mass is 16.5. The van der Waals surface area contributed by atoms with Crippen molar-refractivity contribution in [2.75, 3.05) is 24.3 Å². The van der Waals surface area contributed by atoms with Crippen LogP contribution >= 0.6 is 0 Å². The summed E-state index contributed by atoms with van der Waals surface area (Å²) in [5.74, 6) is 0.862. The Morgan fingerprint density at radius 2 is 1.52 bits per heavy atom. The topological polar surface area (TPSA) is 79.5 Å². The van der Waals surface area contributed by atoms with Crippen LogP contribution in [-0.2, 0) is 4.79 Å². The van der Waals surface area contributed by atoms with Gasteiger partial charge in [0, 0.05) is 23.0 Å². The number of amides is 2. The molecule has 6 heteroatoms. The lowest BCUT2D eigenvalue weighted by Crippen LogP contribution is -2.39. The number of benzene rings is 2. The van der Waals surface area contributed by atoms with Crippen LogP contribution in [0.15, 0.2) is 48.5 Å². The first kappa shape index (κ1) is 20.3. The fourth-order valence-corrected chi connectivity index (χ4v) is 2.27. The third kappa shape index (κ3) is 6.33. The standard InChI is InChI=1S/C21H27N3O3/c1-14(2)15(3)23-20(25)13-22-17-7-5-16(6-8-17)21(26)24-18-9-11-19(27-4)12-10-18/h5-12,14-15,22H,13H2,1-4H3,(H,23,25)(H,24,26). The van der Waals surface area contributed by atoms with E-state index < -0.39 is 0 Å². The van der Waals surface area contributed by atoms with Crippen molar-refractivity contribution < 1.29 is 14.3 Å². The Kier molecular flexibility index (Phi) is 7.23. The number of carbonyl (C=O) groups is 2. The molecule has 2 amide bonds. The van der Waals surface area contributed by atoms with Crippen molar-refractivity contribution in [2.24, 2.45) is 5.92 Å². The second-order valence-electron chi connectivity index (χ2n) is 6.71. The van der Waals surface area contributed by atoms with Gasteiger partial charge in [0.05, 0.1) is 13.7 Å². The van der Waals surface area contributed by atoms with Gasteiger partial charge < -0.3 is 20.7 Å². The van der Waals surface area contributed by atoms with Gasteiger partial charge >= 0.3 is 0 Å². The molecule has 2 aromatic rings. The molecule has 0 saturated carbocycles. The lowest BCUT2D eigenvalue weighted by Gasteiger charge is -2.17. The number of hydrogen-bond donors (Lipinski definition) is 3. The molecule has 2 rings (SSSR count). The molecule has 0 fully saturated rings. The van der Waals surface area contributed by atoms with Crippen LogP contribution in [0.5, 0.6) is 5.75 Å². The predicted molar refractivity (Wildman–Crippen MR) is 108 cm³/mol. The van der Waals surface area contributed by atoms with Crippen molar-refractivity contribution in [2.45, 2.75) is 26.8 Å². The molecule has 0 aliphatic rings. The van der Waals surface area contributed by atoms with E-state index in [0.717, 1.165) is 11.4 Å². The molecule has 0 radical (unpaired) electrons. The first-order valence-electron chi connectivity index (χ1n) is 8.97. The summed E-state index contributed by atoms with van der Waals surface area (Å²) in [6, 6.07) is 14.3. The minimum atomic E-state index is -0.199. The van der Waals surface area contributed by atoms with Gasteiger partial charge in [-0.25, -0.2) is 0 Å². The van der Waals surface area contributed by atoms with E-state index in [1.165, 1.54) is 0 Å². The lowest BCUT2D eigenvalue weighted by atomic mass is 10.1. The summed E-state index contributed by atoms with van der Waals surface area (Å²) in [5.41, 5.74) is 2.01. The Balaban J connectivity index is 1.86. The number of methoxy groups -OCH3 is 1. The number of ether oxygens (including phenoxy) is 1. The second-order valence-corrected chi connectivity index (χ2v) is 6.71. The zero-order valence-electron chi connectivity index (χ0n) is 16.2. The summed E-state index contributed by atoms with van der Waals surface area (Å²) in [4.78, 5) is 24.2. The number of hydrogen-bond acceptors (Lipinski definition) is 4. The SMILES string of the molecule is COc1ccc(NC(=O)c2ccc(NCC(=O)NC(C)C(C)C)cc2)cc1. The fourth-order valence-electron chi connectivity index (χ4n) is 2.27. The molecule has 144 valence electrons. The Hall–Kier alpha value is -3.02. The van der Waals surface area contributed by atoms with E-state index in [4.69, 9.17) is 4.74 Å². The second kappa shape index (κ2) is 9.62. The quantitative estimate of drug-likeness (QED) is 0.665. The molecule has 0 aliphatic carbocycles. The molecule has 1 atom stereocenters. The van der Waals surface area contributed by atoms with Crippen molar-refractivity contribution in [1.82, 2.24) is 5.32 Å². The van der Waals surface area contributed by atoms with Gasteiger partial charge in [-0.2, -0.15) is 0 Å². The Bertz CT molecular complexity index is 755. The van der Waals surface area contributed by atoms with Crippen molar-refractivity contribution in [3.63, 3.8) is 0 Å². The van der Waals surface area contributed by atoms with Crippen LogP contribution in [0.1, 0.15) is 31.1 Å². The van der Waals surface area contributed by atoms with E-state index in [-0.39, 0.29) is 24.4 Å². The van der Waals surface area contributed by atoms with Crippen molar-refractivity contribution >= 4 is 23.2 Å². The summed E-state index contributed by atoms with van der Waals surface area (Å²) in [6.45, 7) is 6.30. The van der Waals surface area contributed by atoms with Gasteiger partial charge in [-0.05, 0) is 61.4 Å². The van der Waals surface area contributed by atoms with Crippen LogP contribution in [-0.4, -0.2) is 31.5 Å². The minimum Gasteiger partial charge on any atom is -0.497 e. The smallest absolute Gasteiger partial charge is 0.255 e. The Morgan fingerprint density at radius 3 is 2.07 bits per heavy atom. The van der Waals surface area contributed by atoms with Crippen molar-refractivity contribution in [3.05, 3.63) is 54.1 Å². The molecule has 0 aliphatic heterocycles. The normalized spacial score (nSPS) is 11.6. The van der Waals surface area contributed by atoms with Gasteiger partial charge in [-0.15, -0.1) is 0 Å². The van der Waals surface area contributed by atoms with Gasteiger partial charge in [0.2, 0.25) is 5.91 Å². The monoisotopic (exact) mass is 369 g/mol. The highest BCUT2D eigenvalue weighted by molar-refractivity contribution is 6.04. The van der Waals surface area contributed by atoms with E-state index >= 15 is 0 Å². The van der Waals surface area contributed by atoms with Gasteiger partial charge in [0.15, 0.2) is 0 Å². The Labute approximate surface area is 160 Å². The largest absolute Gasteiger partial charge is 0.497 e. The molecule has 6 nitrogen and oxygen atoms in total. The predicted octanol–water partition coefficient (Wildman–Crippen LogP) is 3.52. The van der Waals surface area contributed by atoms with E-state index in [1.807, 2.05) is 6.92 Å². The number of nitrogens with one attached hydrogen (secondary N) is 3. The summed E-state index contributed by atoms with van der Waals surface area (Å²) < 4.78 is 5.10. The van der Waals surface area contributed by atoms with E-state index in [1.54, 1.807) is 55.6 Å². The zero-order valence-corrected chi connectivity index (χ0v) is 16.2. The van der Waals surface area contributed by atoms with Gasteiger partial charge in [0.1, 0.15) is 5.75 Å². The first-order chi connectivity index (χ1) is 12.9. The van der Waals surface area contributed by atoms with E-state index in [2.05, 4.69) is 29.8 Å². The number of rotatable bonds is 8. The van der Waals surface area contributed by atoms with Crippen molar-refractivity contribution in [1.29, 1.82) is 0 Å². The highest BCUT2D eigenvalue weighted by Crippen LogP contribution is 2.16. The molecule has 2 aromatic carbocycles. The van der Waals surface area contributed by atoms with Crippen LogP contribution in [0.4, 0.5) is 11.4 Å². The lowest BCUT2D eigenvalue weighted by molar-refractivity contribution is -0.120. The molecule has 0 saturated heterocycles. The van der Waals surface area contributed by atoms with Crippen LogP contribution < -0.4 is 20.7 Å². The molecule has 27 heavy (non-hydrogen) atoms. The number of carbonyl (C=O) groups excluding carboxylic acids is 2. The summed E-state index contributed by atoms with van der Waals surface area (Å²) in [6.07, 6.45) is 0. The maximum absolute atomic E-state index is 12.3. The van der Waals surface area contributed by atoms with Crippen LogP contribution in [0.3, 0.4) is 0 Å². The molecule has 0 heterocycles. The van der Waals surface area contributed by atoms with Crippen LogP contribution in [0.2, 0.25) is 0 Å². The average Bonchev–Trinajstić information content (AvgIpc) is 2.67. The number of anilines is 2. The maximum atomic E-state index is 12.3. The maximum Gasteiger partial charge on any atom is 0.255 e. The summed E-state index contributed by atoms with van der Waals surface area (Å²) >= 11 is 0. The summed E-state index contributed by atoms with van der Waals surface area (Å²) in [5, 5.41) is 8.83. The molecule has 0 spiro atoms. The molecule has 0 aromatic heterocycles. The van der Waals surface area contributed by atoms with Crippen molar-refractivity contribution in [3.8, 4) is 5.75 Å². The van der Waals surface area contributed by atoms with Gasteiger partial charge in [-0.3, -0.25) is 9.59 Å². The van der Waals surface area contributed by atoms with Crippen LogP contribution in [0.25, 0.3) is 0 Å². The molecule has 1 unspecified atom stereocenters.